The molecule has 1 heteroatoms. The van der Waals surface area contributed by atoms with Gasteiger partial charge in [-0.2, -0.15) is 12.6 Å². The van der Waals surface area contributed by atoms with E-state index in [1.54, 1.807) is 0 Å². The van der Waals surface area contributed by atoms with E-state index in [2.05, 4.69) is 26.5 Å². The number of hydrogen-bond acceptors (Lipinski definition) is 1. The van der Waals surface area contributed by atoms with Gasteiger partial charge in [0.25, 0.3) is 0 Å². The third-order valence-corrected chi connectivity index (χ3v) is 1.95. The summed E-state index contributed by atoms with van der Waals surface area (Å²) in [7, 11) is 0. The third kappa shape index (κ3) is 3.36. The highest BCUT2D eigenvalue weighted by atomic mass is 32.1. The molecule has 0 saturated carbocycles. The van der Waals surface area contributed by atoms with Gasteiger partial charge in [-0.1, -0.05) is 26.7 Å². The summed E-state index contributed by atoms with van der Waals surface area (Å²) in [5, 5.41) is 0. The second-order valence-corrected chi connectivity index (χ2v) is 2.64. The molecule has 0 aliphatic rings. The fourth-order valence-corrected chi connectivity index (χ4v) is 1.24. The molecule has 0 aromatic rings. The first-order valence-corrected chi connectivity index (χ1v) is 4.09. The molecule has 0 nitrogen and oxygen atoms in total. The summed E-state index contributed by atoms with van der Waals surface area (Å²) in [6.45, 7) is 4.50. The monoisotopic (exact) mass is 132 g/mol. The van der Waals surface area contributed by atoms with Crippen molar-refractivity contribution in [2.45, 2.75) is 33.1 Å². The Labute approximate surface area is 58.1 Å². The van der Waals surface area contributed by atoms with Crippen molar-refractivity contribution in [2.75, 3.05) is 5.75 Å². The van der Waals surface area contributed by atoms with Gasteiger partial charge >= 0.3 is 0 Å². The van der Waals surface area contributed by atoms with Crippen LogP contribution in [0.3, 0.4) is 0 Å². The predicted octanol–water partition coefficient (Wildman–Crippen LogP) is 2.74. The zero-order valence-corrected chi connectivity index (χ0v) is 6.75. The van der Waals surface area contributed by atoms with E-state index in [1.807, 2.05) is 0 Å². The molecule has 0 aliphatic heterocycles. The van der Waals surface area contributed by atoms with Crippen molar-refractivity contribution in [3.63, 3.8) is 0 Å². The van der Waals surface area contributed by atoms with Crippen LogP contribution in [0.5, 0.6) is 0 Å². The highest BCUT2D eigenvalue weighted by molar-refractivity contribution is 7.80. The van der Waals surface area contributed by atoms with E-state index in [1.165, 1.54) is 19.3 Å². The van der Waals surface area contributed by atoms with Crippen LogP contribution in [0.1, 0.15) is 33.1 Å². The Balaban J connectivity index is 3.07. The summed E-state index contributed by atoms with van der Waals surface area (Å²) in [6, 6.07) is 0. The van der Waals surface area contributed by atoms with Gasteiger partial charge in [0.2, 0.25) is 0 Å². The van der Waals surface area contributed by atoms with Crippen LogP contribution < -0.4 is 0 Å². The minimum atomic E-state index is 0.924. The lowest BCUT2D eigenvalue weighted by molar-refractivity contribution is 0.481. The molecule has 0 bridgehead atoms. The molecule has 0 spiro atoms. The summed E-state index contributed by atoms with van der Waals surface area (Å²) < 4.78 is 0. The van der Waals surface area contributed by atoms with Gasteiger partial charge in [-0.15, -0.1) is 0 Å². The Morgan fingerprint density at radius 2 is 1.75 bits per heavy atom. The molecule has 0 radical (unpaired) electrons. The lowest BCUT2D eigenvalue weighted by Gasteiger charge is -2.07. The molecule has 0 N–H and O–H groups in total. The van der Waals surface area contributed by atoms with Crippen molar-refractivity contribution in [3.05, 3.63) is 0 Å². The van der Waals surface area contributed by atoms with E-state index < -0.39 is 0 Å². The fraction of sp³-hybridized carbons (Fsp3) is 1.00. The van der Waals surface area contributed by atoms with Crippen LogP contribution in [0.4, 0.5) is 0 Å². The van der Waals surface area contributed by atoms with Gasteiger partial charge in [-0.05, 0) is 18.1 Å². The molecule has 0 unspecified atom stereocenters. The zero-order chi connectivity index (χ0) is 6.41. The Morgan fingerprint density at radius 3 is 1.88 bits per heavy atom. The maximum atomic E-state index is 4.17. The highest BCUT2D eigenvalue weighted by Crippen LogP contribution is 2.11. The molecule has 50 valence electrons. The van der Waals surface area contributed by atoms with Gasteiger partial charge in [0.15, 0.2) is 0 Å². The Kier molecular flexibility index (Phi) is 5.73. The quantitative estimate of drug-likeness (QED) is 0.559. The standard InChI is InChI=1S/C7H16S/c1-3-7(4-2)5-6-8/h7-8H,3-6H2,1-2H3. The lowest BCUT2D eigenvalue weighted by Crippen LogP contribution is -1.96. The van der Waals surface area contributed by atoms with Crippen LogP contribution in [-0.4, -0.2) is 5.75 Å². The largest absolute Gasteiger partial charge is 0.179 e. The number of rotatable bonds is 4. The Bertz CT molecular complexity index is 39.7. The maximum absolute atomic E-state index is 4.17. The fourth-order valence-electron chi connectivity index (χ4n) is 0.879. The van der Waals surface area contributed by atoms with Gasteiger partial charge in [0.1, 0.15) is 0 Å². The predicted molar refractivity (Wildman–Crippen MR) is 42.5 cm³/mol. The number of thiol groups is 1. The molecule has 0 heterocycles. The van der Waals surface area contributed by atoms with E-state index in [4.69, 9.17) is 0 Å². The summed E-state index contributed by atoms with van der Waals surface area (Å²) in [5.41, 5.74) is 0. The van der Waals surface area contributed by atoms with Crippen LogP contribution in [0.15, 0.2) is 0 Å². The Morgan fingerprint density at radius 1 is 1.25 bits per heavy atom. The van der Waals surface area contributed by atoms with Crippen molar-refractivity contribution in [1.82, 2.24) is 0 Å². The average Bonchev–Trinajstić information content (AvgIpc) is 1.83. The molecular weight excluding hydrogens is 116 g/mol. The average molecular weight is 132 g/mol. The first-order valence-electron chi connectivity index (χ1n) is 3.46. The molecule has 0 aliphatic carbocycles. The zero-order valence-electron chi connectivity index (χ0n) is 5.85. The van der Waals surface area contributed by atoms with Crippen LogP contribution in [0, 0.1) is 5.92 Å². The van der Waals surface area contributed by atoms with Crippen molar-refractivity contribution in [3.8, 4) is 0 Å². The van der Waals surface area contributed by atoms with Crippen LogP contribution in [-0.2, 0) is 0 Å². The lowest BCUT2D eigenvalue weighted by atomic mass is 10.0. The van der Waals surface area contributed by atoms with Gasteiger partial charge in [-0.25, -0.2) is 0 Å². The Hall–Kier alpha value is 0.350. The van der Waals surface area contributed by atoms with Gasteiger partial charge < -0.3 is 0 Å². The molecule has 0 atom stereocenters. The third-order valence-electron chi connectivity index (χ3n) is 1.69. The van der Waals surface area contributed by atoms with E-state index in [9.17, 15) is 0 Å². The molecule has 8 heavy (non-hydrogen) atoms. The number of hydrogen-bond donors (Lipinski definition) is 1. The smallest absolute Gasteiger partial charge is 0.00953 e. The maximum Gasteiger partial charge on any atom is -0.00953 e. The second-order valence-electron chi connectivity index (χ2n) is 2.19. The molecule has 0 rings (SSSR count). The highest BCUT2D eigenvalue weighted by Gasteiger charge is 1.99. The van der Waals surface area contributed by atoms with Gasteiger partial charge in [-0.3, -0.25) is 0 Å². The second kappa shape index (κ2) is 5.49. The normalized spacial score (nSPS) is 10.5. The summed E-state index contributed by atoms with van der Waals surface area (Å²) in [4.78, 5) is 0. The molecule has 0 fully saturated rings. The topological polar surface area (TPSA) is 0 Å². The first kappa shape index (κ1) is 8.35. The summed E-state index contributed by atoms with van der Waals surface area (Å²) >= 11 is 4.17. The molecule has 0 aromatic carbocycles. The van der Waals surface area contributed by atoms with E-state index in [0.717, 1.165) is 11.7 Å². The summed E-state index contributed by atoms with van der Waals surface area (Å²) in [6.07, 6.45) is 3.92. The molecular formula is C7H16S. The van der Waals surface area contributed by atoms with Crippen molar-refractivity contribution in [1.29, 1.82) is 0 Å². The van der Waals surface area contributed by atoms with Crippen molar-refractivity contribution < 1.29 is 0 Å². The van der Waals surface area contributed by atoms with Crippen LogP contribution in [0.25, 0.3) is 0 Å². The molecule has 0 aromatic heterocycles. The van der Waals surface area contributed by atoms with E-state index in [-0.39, 0.29) is 0 Å². The first-order chi connectivity index (χ1) is 3.85. The SMILES string of the molecule is CCC(CC)CCS. The molecule has 0 saturated heterocycles. The van der Waals surface area contributed by atoms with Crippen molar-refractivity contribution >= 4 is 12.6 Å². The van der Waals surface area contributed by atoms with E-state index in [0.29, 0.717) is 0 Å². The van der Waals surface area contributed by atoms with Crippen LogP contribution >= 0.6 is 12.6 Å². The van der Waals surface area contributed by atoms with Crippen molar-refractivity contribution in [2.24, 2.45) is 5.92 Å². The van der Waals surface area contributed by atoms with E-state index >= 15 is 0 Å². The van der Waals surface area contributed by atoms with Crippen LogP contribution in [0.2, 0.25) is 0 Å². The minimum Gasteiger partial charge on any atom is -0.179 e. The summed E-state index contributed by atoms with van der Waals surface area (Å²) in [5.74, 6) is 1.97. The van der Waals surface area contributed by atoms with Gasteiger partial charge in [0.05, 0.1) is 0 Å². The van der Waals surface area contributed by atoms with Gasteiger partial charge in [0, 0.05) is 0 Å². The molecule has 0 amide bonds. The minimum absolute atomic E-state index is 0.924.